The van der Waals surface area contributed by atoms with E-state index in [1.165, 1.54) is 0 Å². The van der Waals surface area contributed by atoms with Crippen molar-refractivity contribution >= 4 is 28.5 Å². The summed E-state index contributed by atoms with van der Waals surface area (Å²) in [4.78, 5) is 20.3. The Kier molecular flexibility index (Phi) is 5.11. The number of carbonyl (C=O) groups is 1. The van der Waals surface area contributed by atoms with E-state index in [1.807, 2.05) is 53.3 Å². The average molecular weight is 422 g/mol. The highest BCUT2D eigenvalue weighted by Gasteiger charge is 2.15. The zero-order valence-electron chi connectivity index (χ0n) is 18.0. The summed E-state index contributed by atoms with van der Waals surface area (Å²) in [6.07, 6.45) is 4.52. The quantitative estimate of drug-likeness (QED) is 0.367. The molecule has 0 aliphatic rings. The second kappa shape index (κ2) is 8.23. The molecule has 2 aromatic carbocycles. The zero-order valence-corrected chi connectivity index (χ0v) is 18.0. The molecule has 0 amide bonds. The summed E-state index contributed by atoms with van der Waals surface area (Å²) >= 11 is 0. The Hall–Kier alpha value is -4.06. The molecule has 1 N–H and O–H groups in total. The maximum absolute atomic E-state index is 11.0. The van der Waals surface area contributed by atoms with Crippen LogP contribution in [0.15, 0.2) is 73.1 Å². The predicted molar refractivity (Wildman–Crippen MR) is 128 cm³/mol. The van der Waals surface area contributed by atoms with Crippen molar-refractivity contribution in [2.75, 3.05) is 11.9 Å². The number of fused-ring (bicyclic) bond motifs is 2. The van der Waals surface area contributed by atoms with Gasteiger partial charge < -0.3 is 5.32 Å². The number of anilines is 1. The Morgan fingerprint density at radius 1 is 0.969 bits per heavy atom. The molecule has 3 aromatic heterocycles. The molecule has 0 atom stereocenters. The summed E-state index contributed by atoms with van der Waals surface area (Å²) in [5.41, 5.74) is 6.83. The van der Waals surface area contributed by atoms with E-state index in [0.29, 0.717) is 11.5 Å². The van der Waals surface area contributed by atoms with Crippen LogP contribution in [0.3, 0.4) is 0 Å². The number of aldehydes is 1. The van der Waals surface area contributed by atoms with Crippen LogP contribution in [0.5, 0.6) is 0 Å². The van der Waals surface area contributed by atoms with Gasteiger partial charge in [-0.3, -0.25) is 9.78 Å². The summed E-state index contributed by atoms with van der Waals surface area (Å²) in [6.45, 7) is 5.17. The van der Waals surface area contributed by atoms with Crippen LogP contribution in [-0.2, 0) is 0 Å². The number of hydrogen-bond acceptors (Lipinski definition) is 5. The van der Waals surface area contributed by atoms with Crippen molar-refractivity contribution in [3.05, 3.63) is 78.6 Å². The summed E-state index contributed by atoms with van der Waals surface area (Å²) in [7, 11) is 0. The van der Waals surface area contributed by atoms with E-state index in [1.54, 1.807) is 12.1 Å². The van der Waals surface area contributed by atoms with Gasteiger partial charge in [0.2, 0.25) is 0 Å². The Morgan fingerprint density at radius 3 is 2.56 bits per heavy atom. The average Bonchev–Trinajstić information content (AvgIpc) is 3.26. The van der Waals surface area contributed by atoms with Crippen LogP contribution in [-0.4, -0.2) is 32.4 Å². The summed E-state index contributed by atoms with van der Waals surface area (Å²) in [5.74, 6) is 0.485. The highest BCUT2D eigenvalue weighted by molar-refractivity contribution is 5.84. The molecule has 0 saturated carbocycles. The van der Waals surface area contributed by atoms with Gasteiger partial charge in [0.25, 0.3) is 0 Å². The number of nitrogens with zero attached hydrogens (tertiary/aromatic N) is 4. The summed E-state index contributed by atoms with van der Waals surface area (Å²) in [6, 6.07) is 19.6. The molecule has 6 heteroatoms. The Labute approximate surface area is 186 Å². The maximum atomic E-state index is 11.0. The lowest BCUT2D eigenvalue weighted by atomic mass is 10.1. The number of aromatic nitrogens is 4. The van der Waals surface area contributed by atoms with Gasteiger partial charge in [-0.1, -0.05) is 56.3 Å². The van der Waals surface area contributed by atoms with Gasteiger partial charge in [0.05, 0.1) is 28.8 Å². The van der Waals surface area contributed by atoms with Crippen LogP contribution >= 0.6 is 0 Å². The number of carbonyl (C=O) groups excluding carboxylic acids is 1. The first-order valence-electron chi connectivity index (χ1n) is 10.7. The lowest BCUT2D eigenvalue weighted by molar-refractivity contribution is 0.112. The second-order valence-corrected chi connectivity index (χ2v) is 8.25. The fourth-order valence-electron chi connectivity index (χ4n) is 3.69. The topological polar surface area (TPSA) is 72.2 Å². The molecule has 5 aromatic rings. The lowest BCUT2D eigenvalue weighted by Crippen LogP contribution is -2.10. The molecule has 32 heavy (non-hydrogen) atoms. The van der Waals surface area contributed by atoms with Gasteiger partial charge in [0, 0.05) is 34.8 Å². The fourth-order valence-corrected chi connectivity index (χ4v) is 3.69. The first-order valence-corrected chi connectivity index (χ1v) is 10.7. The van der Waals surface area contributed by atoms with Gasteiger partial charge in [-0.25, -0.2) is 9.50 Å². The number of para-hydroxylation sites is 1. The van der Waals surface area contributed by atoms with Crippen LogP contribution in [0.2, 0.25) is 0 Å². The SMILES string of the molecule is CC(C)CNc1cc(-c2cnc3ccccc3c2)nn2c(-c3ccc(C=O)cc3)cnc12. The first kappa shape index (κ1) is 19.9. The van der Waals surface area contributed by atoms with Crippen molar-refractivity contribution in [2.45, 2.75) is 13.8 Å². The zero-order chi connectivity index (χ0) is 22.1. The van der Waals surface area contributed by atoms with Crippen LogP contribution in [0.1, 0.15) is 24.2 Å². The third-order valence-corrected chi connectivity index (χ3v) is 5.40. The smallest absolute Gasteiger partial charge is 0.177 e. The standard InChI is InChI=1S/C26H23N5O/c1-17(2)13-27-24-12-23(21-11-20-5-3-4-6-22(20)28-14-21)30-31-25(15-29-26(24)31)19-9-7-18(16-32)8-10-19/h3-12,14-17,27H,13H2,1-2H3. The van der Waals surface area contributed by atoms with Crippen molar-refractivity contribution in [2.24, 2.45) is 5.92 Å². The van der Waals surface area contributed by atoms with Crippen molar-refractivity contribution in [3.8, 4) is 22.5 Å². The van der Waals surface area contributed by atoms with Crippen LogP contribution < -0.4 is 5.32 Å². The highest BCUT2D eigenvalue weighted by Crippen LogP contribution is 2.29. The third kappa shape index (κ3) is 3.71. The number of nitrogens with one attached hydrogen (secondary N) is 1. The molecule has 0 bridgehead atoms. The molecule has 0 fully saturated rings. The molecule has 5 rings (SSSR count). The molecule has 0 spiro atoms. The molecule has 0 aliphatic carbocycles. The van der Waals surface area contributed by atoms with Gasteiger partial charge in [-0.05, 0) is 24.1 Å². The molecule has 0 radical (unpaired) electrons. The number of imidazole rings is 1. The Balaban J connectivity index is 1.68. The van der Waals surface area contributed by atoms with Gasteiger partial charge in [0.15, 0.2) is 5.65 Å². The number of rotatable bonds is 6. The number of hydrogen-bond donors (Lipinski definition) is 1. The maximum Gasteiger partial charge on any atom is 0.177 e. The van der Waals surface area contributed by atoms with Crippen LogP contribution in [0.4, 0.5) is 5.69 Å². The highest BCUT2D eigenvalue weighted by atomic mass is 16.1. The molecular weight excluding hydrogens is 398 g/mol. The van der Waals surface area contributed by atoms with E-state index < -0.39 is 0 Å². The van der Waals surface area contributed by atoms with E-state index in [2.05, 4.69) is 41.3 Å². The van der Waals surface area contributed by atoms with Crippen LogP contribution in [0.25, 0.3) is 39.1 Å². The number of benzene rings is 2. The molecule has 3 heterocycles. The predicted octanol–water partition coefficient (Wildman–Crippen LogP) is 5.49. The van der Waals surface area contributed by atoms with Gasteiger partial charge in [0.1, 0.15) is 6.29 Å². The van der Waals surface area contributed by atoms with Gasteiger partial charge in [-0.2, -0.15) is 5.10 Å². The molecule has 158 valence electrons. The van der Waals surface area contributed by atoms with E-state index in [0.717, 1.165) is 57.6 Å². The van der Waals surface area contributed by atoms with Crippen molar-refractivity contribution < 1.29 is 4.79 Å². The molecule has 0 aliphatic heterocycles. The largest absolute Gasteiger partial charge is 0.382 e. The van der Waals surface area contributed by atoms with Crippen molar-refractivity contribution in [1.82, 2.24) is 19.6 Å². The Morgan fingerprint density at radius 2 is 1.78 bits per heavy atom. The van der Waals surface area contributed by atoms with Crippen molar-refractivity contribution in [3.63, 3.8) is 0 Å². The van der Waals surface area contributed by atoms with Gasteiger partial charge >= 0.3 is 0 Å². The Bertz CT molecular complexity index is 1420. The minimum atomic E-state index is 0.485. The molecule has 0 saturated heterocycles. The van der Waals surface area contributed by atoms with Gasteiger partial charge in [-0.15, -0.1) is 0 Å². The minimum absolute atomic E-state index is 0.485. The molecule has 6 nitrogen and oxygen atoms in total. The lowest BCUT2D eigenvalue weighted by Gasteiger charge is -2.13. The van der Waals surface area contributed by atoms with E-state index in [9.17, 15) is 4.79 Å². The number of pyridine rings is 1. The monoisotopic (exact) mass is 421 g/mol. The van der Waals surface area contributed by atoms with E-state index >= 15 is 0 Å². The van der Waals surface area contributed by atoms with Crippen molar-refractivity contribution in [1.29, 1.82) is 0 Å². The van der Waals surface area contributed by atoms with E-state index in [4.69, 9.17) is 5.10 Å². The third-order valence-electron chi connectivity index (χ3n) is 5.40. The van der Waals surface area contributed by atoms with E-state index in [-0.39, 0.29) is 0 Å². The normalized spacial score (nSPS) is 11.3. The van der Waals surface area contributed by atoms with Crippen LogP contribution in [0, 0.1) is 5.92 Å². The second-order valence-electron chi connectivity index (χ2n) is 8.25. The molecule has 0 unspecified atom stereocenters. The minimum Gasteiger partial charge on any atom is -0.382 e. The first-order chi connectivity index (χ1) is 15.6. The summed E-state index contributed by atoms with van der Waals surface area (Å²) in [5, 5.41) is 9.52. The molecular formula is C26H23N5O. The fraction of sp³-hybridized carbons (Fsp3) is 0.154. The summed E-state index contributed by atoms with van der Waals surface area (Å²) < 4.78 is 1.86.